The van der Waals surface area contributed by atoms with Gasteiger partial charge in [0.15, 0.2) is 0 Å². The van der Waals surface area contributed by atoms with Crippen molar-refractivity contribution in [2.24, 2.45) is 4.99 Å². The molecule has 0 radical (unpaired) electrons. The number of ether oxygens (including phenoxy) is 1. The fraction of sp³-hybridized carbons (Fsp3) is 0.435. The Bertz CT molecular complexity index is 857. The lowest BCUT2D eigenvalue weighted by Crippen LogP contribution is -2.51. The van der Waals surface area contributed by atoms with E-state index >= 15 is 0 Å². The van der Waals surface area contributed by atoms with Crippen LogP contribution in [0.3, 0.4) is 0 Å². The molecule has 2 aromatic rings. The maximum absolute atomic E-state index is 6.19. The van der Waals surface area contributed by atoms with E-state index in [0.29, 0.717) is 22.7 Å². The molecule has 0 amide bonds. The number of fused-ring (bicyclic) bond motifs is 1. The second-order valence-corrected chi connectivity index (χ2v) is 8.68. The normalized spacial score (nSPS) is 18.8. The van der Waals surface area contributed by atoms with Crippen molar-refractivity contribution in [2.45, 2.75) is 58.5 Å². The van der Waals surface area contributed by atoms with Gasteiger partial charge in [-0.25, -0.2) is 0 Å². The van der Waals surface area contributed by atoms with E-state index in [1.807, 2.05) is 24.4 Å². The highest BCUT2D eigenvalue weighted by Gasteiger charge is 2.37. The first-order valence-corrected chi connectivity index (χ1v) is 9.91. The van der Waals surface area contributed by atoms with Crippen LogP contribution in [0.5, 0.6) is 5.75 Å². The number of halogens is 1. The third-order valence-corrected chi connectivity index (χ3v) is 5.61. The van der Waals surface area contributed by atoms with Gasteiger partial charge in [-0.15, -0.1) is 0 Å². The van der Waals surface area contributed by atoms with Crippen LogP contribution in [-0.2, 0) is 0 Å². The summed E-state index contributed by atoms with van der Waals surface area (Å²) in [6.45, 7) is 11.5. The molecule has 0 fully saturated rings. The van der Waals surface area contributed by atoms with Crippen LogP contribution >= 0.6 is 11.6 Å². The molecule has 0 bridgehead atoms. The van der Waals surface area contributed by atoms with Crippen molar-refractivity contribution in [3.05, 3.63) is 52.5 Å². The van der Waals surface area contributed by atoms with Gasteiger partial charge >= 0.3 is 0 Å². The fourth-order valence-corrected chi connectivity index (χ4v) is 4.66. The molecule has 3 rings (SSSR count). The molecule has 0 N–H and O–H groups in total. The molecule has 0 unspecified atom stereocenters. The molecule has 2 aromatic carbocycles. The summed E-state index contributed by atoms with van der Waals surface area (Å²) in [5, 5.41) is 0.570. The highest BCUT2D eigenvalue weighted by Crippen LogP contribution is 2.44. The van der Waals surface area contributed by atoms with E-state index in [9.17, 15) is 0 Å². The minimum Gasteiger partial charge on any atom is -0.495 e. The third-order valence-electron chi connectivity index (χ3n) is 5.31. The number of methoxy groups -OCH3 is 1. The highest BCUT2D eigenvalue weighted by atomic mass is 35.5. The van der Waals surface area contributed by atoms with Gasteiger partial charge in [0.2, 0.25) is 0 Å². The Morgan fingerprint density at radius 1 is 1.22 bits per heavy atom. The van der Waals surface area contributed by atoms with E-state index in [4.69, 9.17) is 16.3 Å². The highest BCUT2D eigenvalue weighted by molar-refractivity contribution is 6.32. The van der Waals surface area contributed by atoms with Crippen LogP contribution in [0.25, 0.3) is 0 Å². The van der Waals surface area contributed by atoms with Gasteiger partial charge in [0.05, 0.1) is 17.8 Å². The predicted octanol–water partition coefficient (Wildman–Crippen LogP) is 6.60. The molecule has 1 heterocycles. The zero-order valence-corrected chi connectivity index (χ0v) is 17.8. The van der Waals surface area contributed by atoms with Crippen molar-refractivity contribution in [1.82, 2.24) is 0 Å². The van der Waals surface area contributed by atoms with Crippen molar-refractivity contribution in [2.75, 3.05) is 12.0 Å². The predicted molar refractivity (Wildman–Crippen MR) is 116 cm³/mol. The maximum Gasteiger partial charge on any atom is 0.137 e. The SMILES string of the molecule is COc1ccc(N=Cc2ccc3c(c2)[C@H](C)CC(C)(C)N3C(C)C)cc1Cl. The molecule has 1 aliphatic rings. The van der Waals surface area contributed by atoms with Crippen molar-refractivity contribution in [3.8, 4) is 5.75 Å². The molecule has 144 valence electrons. The first-order chi connectivity index (χ1) is 12.7. The summed E-state index contributed by atoms with van der Waals surface area (Å²) in [7, 11) is 1.61. The van der Waals surface area contributed by atoms with Gasteiger partial charge in [-0.3, -0.25) is 4.99 Å². The summed E-state index contributed by atoms with van der Waals surface area (Å²) < 4.78 is 5.19. The van der Waals surface area contributed by atoms with E-state index in [-0.39, 0.29) is 5.54 Å². The number of anilines is 1. The summed E-state index contributed by atoms with van der Waals surface area (Å²) in [4.78, 5) is 7.14. The first kappa shape index (κ1) is 19.8. The lowest BCUT2D eigenvalue weighted by atomic mass is 9.79. The minimum atomic E-state index is 0.163. The number of rotatable bonds is 4. The van der Waals surface area contributed by atoms with Crippen LogP contribution < -0.4 is 9.64 Å². The van der Waals surface area contributed by atoms with Crippen LogP contribution in [0.4, 0.5) is 11.4 Å². The minimum absolute atomic E-state index is 0.163. The average Bonchev–Trinajstić information content (AvgIpc) is 2.59. The van der Waals surface area contributed by atoms with Crippen molar-refractivity contribution >= 4 is 29.2 Å². The molecule has 27 heavy (non-hydrogen) atoms. The van der Waals surface area contributed by atoms with E-state index in [1.165, 1.54) is 11.3 Å². The number of hydrogen-bond acceptors (Lipinski definition) is 3. The molecular formula is C23H29ClN2O. The van der Waals surface area contributed by atoms with Gasteiger partial charge in [0.25, 0.3) is 0 Å². The number of aliphatic imine (C=N–C) groups is 1. The molecule has 4 heteroatoms. The zero-order valence-electron chi connectivity index (χ0n) is 17.1. The van der Waals surface area contributed by atoms with Crippen LogP contribution in [0.1, 0.15) is 58.1 Å². The van der Waals surface area contributed by atoms with Crippen LogP contribution in [0.15, 0.2) is 41.4 Å². The molecule has 0 saturated heterocycles. The standard InChI is InChI=1S/C23H29ClN2O/c1-15(2)26-21-9-7-17(11-19(21)16(3)13-23(26,4)5)14-25-18-8-10-22(27-6)20(24)12-18/h7-12,14-16H,13H2,1-6H3/t16-/m1/s1. The number of benzene rings is 2. The van der Waals surface area contributed by atoms with E-state index in [2.05, 4.69) is 62.7 Å². The largest absolute Gasteiger partial charge is 0.495 e. The molecule has 0 aliphatic carbocycles. The first-order valence-electron chi connectivity index (χ1n) is 9.54. The van der Waals surface area contributed by atoms with Crippen molar-refractivity contribution < 1.29 is 4.74 Å². The van der Waals surface area contributed by atoms with Crippen LogP contribution in [-0.4, -0.2) is 24.9 Å². The Labute approximate surface area is 168 Å². The lowest BCUT2D eigenvalue weighted by molar-refractivity contribution is 0.356. The second-order valence-electron chi connectivity index (χ2n) is 8.28. The summed E-state index contributed by atoms with van der Waals surface area (Å²) in [5.41, 5.74) is 4.83. The topological polar surface area (TPSA) is 24.8 Å². The zero-order chi connectivity index (χ0) is 19.8. The Hall–Kier alpha value is -2.00. The Balaban J connectivity index is 1.92. The van der Waals surface area contributed by atoms with Crippen LogP contribution in [0, 0.1) is 0 Å². The smallest absolute Gasteiger partial charge is 0.137 e. The van der Waals surface area contributed by atoms with E-state index in [0.717, 1.165) is 17.7 Å². The van der Waals surface area contributed by atoms with Gasteiger partial charge < -0.3 is 9.64 Å². The Morgan fingerprint density at radius 2 is 1.96 bits per heavy atom. The monoisotopic (exact) mass is 384 g/mol. The molecule has 3 nitrogen and oxygen atoms in total. The molecule has 0 spiro atoms. The third kappa shape index (κ3) is 3.98. The van der Waals surface area contributed by atoms with Crippen molar-refractivity contribution in [3.63, 3.8) is 0 Å². The van der Waals surface area contributed by atoms with Gasteiger partial charge in [0, 0.05) is 23.5 Å². The fourth-order valence-electron chi connectivity index (χ4n) is 4.41. The number of hydrogen-bond donors (Lipinski definition) is 0. The van der Waals surface area contributed by atoms with Gasteiger partial charge in [-0.05, 0) is 81.5 Å². The van der Waals surface area contributed by atoms with Gasteiger partial charge in [-0.2, -0.15) is 0 Å². The summed E-state index contributed by atoms with van der Waals surface area (Å²) in [6.07, 6.45) is 3.05. The summed E-state index contributed by atoms with van der Waals surface area (Å²) >= 11 is 6.19. The average molecular weight is 385 g/mol. The Morgan fingerprint density at radius 3 is 2.59 bits per heavy atom. The van der Waals surface area contributed by atoms with Crippen LogP contribution in [0.2, 0.25) is 5.02 Å². The van der Waals surface area contributed by atoms with Gasteiger partial charge in [-0.1, -0.05) is 24.6 Å². The summed E-state index contributed by atoms with van der Waals surface area (Å²) in [5.74, 6) is 1.18. The second kappa shape index (κ2) is 7.55. The number of nitrogens with zero attached hydrogens (tertiary/aromatic N) is 2. The molecule has 0 aromatic heterocycles. The Kier molecular flexibility index (Phi) is 5.53. The van der Waals surface area contributed by atoms with Crippen molar-refractivity contribution in [1.29, 1.82) is 0 Å². The lowest BCUT2D eigenvalue weighted by Gasteiger charge is -2.50. The van der Waals surface area contributed by atoms with E-state index < -0.39 is 0 Å². The summed E-state index contributed by atoms with van der Waals surface area (Å²) in [6, 6.07) is 12.7. The molecule has 1 aliphatic heterocycles. The maximum atomic E-state index is 6.19. The molecule has 0 saturated carbocycles. The van der Waals surface area contributed by atoms with Gasteiger partial charge in [0.1, 0.15) is 5.75 Å². The van der Waals surface area contributed by atoms with E-state index in [1.54, 1.807) is 7.11 Å². The quantitative estimate of drug-likeness (QED) is 0.554. The molecule has 1 atom stereocenters. The molecular weight excluding hydrogens is 356 g/mol.